The minimum Gasteiger partial charge on any atom is -0.508 e. The molecule has 2 aromatic rings. The molecule has 0 bridgehead atoms. The molecule has 40 heavy (non-hydrogen) atoms. The topological polar surface area (TPSA) is 72.9 Å². The number of phenolic OH excluding ortho intramolecular Hbond substituents is 1. The van der Waals surface area contributed by atoms with Crippen LogP contribution in [-0.2, 0) is 16.0 Å². The molecule has 3 atom stereocenters. The van der Waals surface area contributed by atoms with Crippen molar-refractivity contribution in [2.45, 2.75) is 117 Å². The van der Waals surface area contributed by atoms with E-state index in [1.54, 1.807) is 6.07 Å². The number of aromatic hydroxyl groups is 1. The normalized spacial score (nSPS) is 19.3. The molecule has 0 aromatic heterocycles. The van der Waals surface area contributed by atoms with Gasteiger partial charge in [0.25, 0.3) is 0 Å². The van der Waals surface area contributed by atoms with Gasteiger partial charge >= 0.3 is 0 Å². The predicted octanol–water partition coefficient (Wildman–Crippen LogP) is 7.73. The summed E-state index contributed by atoms with van der Waals surface area (Å²) in [6.07, 6.45) is 5.56. The number of nitrogens with zero attached hydrogens (tertiary/aromatic N) is 2. The molecular weight excluding hydrogens is 498 g/mol. The summed E-state index contributed by atoms with van der Waals surface area (Å²) in [4.78, 5) is 30.1. The summed E-state index contributed by atoms with van der Waals surface area (Å²) in [6, 6.07) is 12.0. The second kappa shape index (κ2) is 14.6. The number of carbonyl (C=O) groups is 2. The van der Waals surface area contributed by atoms with E-state index in [9.17, 15) is 14.7 Å². The van der Waals surface area contributed by atoms with Crippen molar-refractivity contribution in [3.63, 3.8) is 0 Å². The molecule has 2 aromatic carbocycles. The van der Waals surface area contributed by atoms with Crippen molar-refractivity contribution in [1.29, 1.82) is 0 Å². The number of amides is 2. The van der Waals surface area contributed by atoms with Gasteiger partial charge < -0.3 is 20.2 Å². The van der Waals surface area contributed by atoms with E-state index < -0.39 is 0 Å². The molecule has 2 amide bonds. The van der Waals surface area contributed by atoms with Crippen molar-refractivity contribution in [3.05, 3.63) is 58.7 Å². The first-order valence-electron chi connectivity index (χ1n) is 15.5. The lowest BCUT2D eigenvalue weighted by Gasteiger charge is -2.33. The van der Waals surface area contributed by atoms with Gasteiger partial charge in [0, 0.05) is 37.7 Å². The number of unbranched alkanes of at least 4 members (excludes halogenated alkanes) is 1. The van der Waals surface area contributed by atoms with Crippen LogP contribution in [0.4, 0.5) is 5.69 Å². The highest BCUT2D eigenvalue weighted by Crippen LogP contribution is 2.42. The number of fused-ring (bicyclic) bond motifs is 1. The number of likely N-dealkylation sites (tertiary alicyclic amines) is 1. The third kappa shape index (κ3) is 7.18. The molecule has 0 spiro atoms. The average molecular weight is 550 g/mol. The van der Waals surface area contributed by atoms with Crippen molar-refractivity contribution in [1.82, 2.24) is 9.80 Å². The highest BCUT2D eigenvalue weighted by molar-refractivity contribution is 5.79. The third-order valence-electron chi connectivity index (χ3n) is 8.34. The van der Waals surface area contributed by atoms with E-state index in [0.717, 1.165) is 62.0 Å². The summed E-state index contributed by atoms with van der Waals surface area (Å²) in [7, 11) is 0. The Morgan fingerprint density at radius 1 is 1.15 bits per heavy atom. The summed E-state index contributed by atoms with van der Waals surface area (Å²) in [5.41, 5.74) is 5.70. The van der Waals surface area contributed by atoms with E-state index in [1.807, 2.05) is 43.9 Å². The van der Waals surface area contributed by atoms with Gasteiger partial charge in [-0.15, -0.1) is 0 Å². The van der Waals surface area contributed by atoms with Crippen LogP contribution in [0, 0.1) is 0 Å². The fourth-order valence-corrected chi connectivity index (χ4v) is 6.08. The number of nitrogens with one attached hydrogen (secondary N) is 1. The zero-order valence-electron chi connectivity index (χ0n) is 25.8. The first-order valence-corrected chi connectivity index (χ1v) is 15.5. The number of rotatable bonds is 9. The van der Waals surface area contributed by atoms with Crippen molar-refractivity contribution < 1.29 is 14.7 Å². The van der Waals surface area contributed by atoms with E-state index in [4.69, 9.17) is 0 Å². The van der Waals surface area contributed by atoms with Gasteiger partial charge in [-0.25, -0.2) is 0 Å². The maximum absolute atomic E-state index is 13.1. The Morgan fingerprint density at radius 3 is 2.50 bits per heavy atom. The summed E-state index contributed by atoms with van der Waals surface area (Å²) in [6.45, 7) is 16.2. The average Bonchev–Trinajstić information content (AvgIpc) is 3.28. The monoisotopic (exact) mass is 549 g/mol. The lowest BCUT2D eigenvalue weighted by Crippen LogP contribution is -2.38. The van der Waals surface area contributed by atoms with Crippen molar-refractivity contribution in [2.75, 3.05) is 18.4 Å². The van der Waals surface area contributed by atoms with Gasteiger partial charge in [0.2, 0.25) is 11.8 Å². The van der Waals surface area contributed by atoms with Crippen LogP contribution >= 0.6 is 0 Å². The van der Waals surface area contributed by atoms with Gasteiger partial charge in [-0.05, 0) is 72.9 Å². The Bertz CT molecular complexity index is 1150. The molecule has 1 saturated heterocycles. The maximum atomic E-state index is 13.1. The molecule has 220 valence electrons. The van der Waals surface area contributed by atoms with Gasteiger partial charge in [0.1, 0.15) is 5.75 Å². The third-order valence-corrected chi connectivity index (χ3v) is 8.34. The molecule has 4 rings (SSSR count). The number of hydrogen-bond acceptors (Lipinski definition) is 4. The lowest BCUT2D eigenvalue weighted by molar-refractivity contribution is -0.133. The highest BCUT2D eigenvalue weighted by atomic mass is 16.3. The SMILES string of the molecule is CC.CCCCN(C(=O)CC)C(C)c1cc(C(C)C)cc2c1NC(c1cccc(O)c1)CC(N1CCCC1=O)C2. The standard InChI is InChI=1S/C32H45N3O3.C2H6/c1-6-8-14-34(30(37)7-2)22(5)28-19-24(21(3)4)16-25-17-26(35-15-10-13-31(35)38)20-29(33-32(25)28)23-11-9-12-27(36)18-23;1-2/h9,11-12,16,18-19,21-22,26,29,33,36H,6-8,10,13-15,17,20H2,1-5H3;1-2H3. The molecule has 6 heteroatoms. The van der Waals surface area contributed by atoms with Crippen LogP contribution in [0.5, 0.6) is 5.75 Å². The van der Waals surface area contributed by atoms with Crippen LogP contribution in [0.3, 0.4) is 0 Å². The van der Waals surface area contributed by atoms with Crippen molar-refractivity contribution >= 4 is 17.5 Å². The molecule has 2 aliphatic heterocycles. The van der Waals surface area contributed by atoms with E-state index in [-0.39, 0.29) is 35.7 Å². The molecule has 0 aliphatic carbocycles. The highest BCUT2D eigenvalue weighted by Gasteiger charge is 2.35. The second-order valence-corrected chi connectivity index (χ2v) is 11.3. The molecule has 0 radical (unpaired) electrons. The van der Waals surface area contributed by atoms with E-state index in [0.29, 0.717) is 18.8 Å². The van der Waals surface area contributed by atoms with Crippen molar-refractivity contribution in [2.24, 2.45) is 0 Å². The Hall–Kier alpha value is -3.02. The molecule has 6 nitrogen and oxygen atoms in total. The van der Waals surface area contributed by atoms with Crippen molar-refractivity contribution in [3.8, 4) is 5.75 Å². The minimum absolute atomic E-state index is 0.0661. The minimum atomic E-state index is -0.0799. The Labute approximate surface area is 242 Å². The molecular formula is C34H51N3O3. The number of carbonyl (C=O) groups excluding carboxylic acids is 2. The maximum Gasteiger partial charge on any atom is 0.222 e. The summed E-state index contributed by atoms with van der Waals surface area (Å²) >= 11 is 0. The molecule has 2 N–H and O–H groups in total. The molecule has 2 heterocycles. The Kier molecular flexibility index (Phi) is 11.5. The zero-order chi connectivity index (χ0) is 29.4. The molecule has 3 unspecified atom stereocenters. The fraction of sp³-hybridized carbons (Fsp3) is 0.588. The number of phenols is 1. The van der Waals surface area contributed by atoms with Gasteiger partial charge in [-0.3, -0.25) is 9.59 Å². The van der Waals surface area contributed by atoms with Gasteiger partial charge in [0.05, 0.1) is 12.1 Å². The summed E-state index contributed by atoms with van der Waals surface area (Å²) in [5, 5.41) is 14.1. The number of benzene rings is 2. The molecule has 2 aliphatic rings. The number of anilines is 1. The summed E-state index contributed by atoms with van der Waals surface area (Å²) in [5.74, 6) is 0.995. The van der Waals surface area contributed by atoms with Crippen LogP contribution in [0.15, 0.2) is 36.4 Å². The first kappa shape index (κ1) is 31.5. The quantitative estimate of drug-likeness (QED) is 0.336. The predicted molar refractivity (Wildman–Crippen MR) is 165 cm³/mol. The van der Waals surface area contributed by atoms with Crippen LogP contribution in [-0.4, -0.2) is 45.9 Å². The van der Waals surface area contributed by atoms with Crippen LogP contribution in [0.1, 0.15) is 127 Å². The van der Waals surface area contributed by atoms with Crippen LogP contribution in [0.25, 0.3) is 0 Å². The van der Waals surface area contributed by atoms with Crippen LogP contribution < -0.4 is 5.32 Å². The summed E-state index contributed by atoms with van der Waals surface area (Å²) < 4.78 is 0. The first-order chi connectivity index (χ1) is 19.2. The zero-order valence-corrected chi connectivity index (χ0v) is 25.8. The molecule has 1 fully saturated rings. The van der Waals surface area contributed by atoms with Crippen LogP contribution in [0.2, 0.25) is 0 Å². The van der Waals surface area contributed by atoms with Gasteiger partial charge in [0.15, 0.2) is 0 Å². The fourth-order valence-electron chi connectivity index (χ4n) is 6.08. The Balaban J connectivity index is 0.00000216. The smallest absolute Gasteiger partial charge is 0.222 e. The van der Waals surface area contributed by atoms with E-state index >= 15 is 0 Å². The van der Waals surface area contributed by atoms with Gasteiger partial charge in [-0.1, -0.05) is 72.2 Å². The van der Waals surface area contributed by atoms with E-state index in [2.05, 4.69) is 50.0 Å². The lowest BCUT2D eigenvalue weighted by atomic mass is 9.90. The molecule has 0 saturated carbocycles. The van der Waals surface area contributed by atoms with E-state index in [1.165, 1.54) is 11.1 Å². The largest absolute Gasteiger partial charge is 0.508 e. The second-order valence-electron chi connectivity index (χ2n) is 11.3. The Morgan fingerprint density at radius 2 is 1.90 bits per heavy atom. The number of hydrogen-bond donors (Lipinski definition) is 2. The van der Waals surface area contributed by atoms with Gasteiger partial charge in [-0.2, -0.15) is 0 Å².